The fourth-order valence-electron chi connectivity index (χ4n) is 2.70. The van der Waals surface area contributed by atoms with Crippen LogP contribution in [0, 0.1) is 5.92 Å². The van der Waals surface area contributed by atoms with Crippen molar-refractivity contribution in [3.8, 4) is 17.0 Å². The number of thiazole rings is 1. The molecule has 1 saturated carbocycles. The number of methoxy groups -OCH3 is 1. The second-order valence-electron chi connectivity index (χ2n) is 5.63. The maximum Gasteiger partial charge on any atom is 0.203 e. The summed E-state index contributed by atoms with van der Waals surface area (Å²) in [5.74, 6) is 1.43. The van der Waals surface area contributed by atoms with Crippen LogP contribution >= 0.6 is 11.3 Å². The summed E-state index contributed by atoms with van der Waals surface area (Å²) in [5, 5.41) is 7.44. The van der Waals surface area contributed by atoms with Crippen molar-refractivity contribution in [2.75, 3.05) is 12.5 Å². The summed E-state index contributed by atoms with van der Waals surface area (Å²) < 4.78 is 5.26. The predicted molar refractivity (Wildman–Crippen MR) is 92.8 cm³/mol. The molecule has 3 rings (SSSR count). The molecule has 1 aliphatic rings. The van der Waals surface area contributed by atoms with E-state index in [2.05, 4.69) is 22.4 Å². The molecule has 0 radical (unpaired) electrons. The topological polar surface area (TPSA) is 46.5 Å². The Balaban J connectivity index is 1.72. The second-order valence-corrected chi connectivity index (χ2v) is 6.49. The third-order valence-electron chi connectivity index (χ3n) is 4.05. The molecule has 2 aromatic rings. The lowest BCUT2D eigenvalue weighted by atomic mass is 9.89. The molecular formula is C17H21N3OS. The van der Waals surface area contributed by atoms with Crippen LogP contribution in [0.5, 0.6) is 5.75 Å². The van der Waals surface area contributed by atoms with Crippen molar-refractivity contribution in [1.82, 2.24) is 4.98 Å². The summed E-state index contributed by atoms with van der Waals surface area (Å²) in [6.45, 7) is 2.25. The smallest absolute Gasteiger partial charge is 0.203 e. The van der Waals surface area contributed by atoms with E-state index in [1.807, 2.05) is 29.6 Å². The van der Waals surface area contributed by atoms with Gasteiger partial charge in [0.05, 0.1) is 12.8 Å². The molecule has 0 bridgehead atoms. The monoisotopic (exact) mass is 315 g/mol. The zero-order valence-corrected chi connectivity index (χ0v) is 13.8. The summed E-state index contributed by atoms with van der Waals surface area (Å²) in [6, 6.07) is 7.94. The summed E-state index contributed by atoms with van der Waals surface area (Å²) in [5.41, 5.74) is 6.40. The number of hydrazone groups is 1. The number of aromatic nitrogens is 1. The van der Waals surface area contributed by atoms with Crippen molar-refractivity contribution in [2.45, 2.75) is 32.6 Å². The van der Waals surface area contributed by atoms with Gasteiger partial charge in [-0.2, -0.15) is 5.10 Å². The normalized spacial score (nSPS) is 20.1. The molecule has 1 fully saturated rings. The number of nitrogens with one attached hydrogen (secondary N) is 1. The molecule has 116 valence electrons. The van der Waals surface area contributed by atoms with Gasteiger partial charge in [0, 0.05) is 16.7 Å². The highest BCUT2D eigenvalue weighted by Crippen LogP contribution is 2.28. The van der Waals surface area contributed by atoms with E-state index >= 15 is 0 Å². The molecule has 1 heterocycles. The Labute approximate surface area is 135 Å². The number of anilines is 1. The maximum atomic E-state index is 5.26. The lowest BCUT2D eigenvalue weighted by Crippen LogP contribution is -2.17. The van der Waals surface area contributed by atoms with E-state index in [0.717, 1.165) is 28.6 Å². The van der Waals surface area contributed by atoms with Crippen LogP contribution in [0.1, 0.15) is 32.6 Å². The average molecular weight is 315 g/mol. The minimum absolute atomic E-state index is 0.582. The van der Waals surface area contributed by atoms with E-state index in [1.165, 1.54) is 25.0 Å². The molecule has 0 spiro atoms. The first kappa shape index (κ1) is 15.0. The van der Waals surface area contributed by atoms with Crippen LogP contribution in [0.3, 0.4) is 0 Å². The maximum absolute atomic E-state index is 5.26. The van der Waals surface area contributed by atoms with Crippen LogP contribution in [0.25, 0.3) is 11.3 Å². The van der Waals surface area contributed by atoms with Crippen molar-refractivity contribution in [3.63, 3.8) is 0 Å². The van der Waals surface area contributed by atoms with Gasteiger partial charge in [-0.15, -0.1) is 11.3 Å². The lowest BCUT2D eigenvalue weighted by Gasteiger charge is -2.19. The van der Waals surface area contributed by atoms with Crippen molar-refractivity contribution in [3.05, 3.63) is 29.6 Å². The Bertz CT molecular complexity index is 665. The fourth-order valence-corrected chi connectivity index (χ4v) is 3.36. The van der Waals surface area contributed by atoms with Crippen molar-refractivity contribution in [2.24, 2.45) is 11.0 Å². The number of ether oxygens (including phenoxy) is 1. The zero-order chi connectivity index (χ0) is 15.4. The van der Waals surface area contributed by atoms with Crippen LogP contribution in [-0.2, 0) is 0 Å². The second kappa shape index (κ2) is 6.92. The van der Waals surface area contributed by atoms with Gasteiger partial charge >= 0.3 is 0 Å². The van der Waals surface area contributed by atoms with Crippen LogP contribution in [-0.4, -0.2) is 17.8 Å². The zero-order valence-electron chi connectivity index (χ0n) is 13.0. The molecule has 5 heteroatoms. The van der Waals surface area contributed by atoms with Gasteiger partial charge in [0.25, 0.3) is 0 Å². The van der Waals surface area contributed by atoms with E-state index in [9.17, 15) is 0 Å². The molecule has 22 heavy (non-hydrogen) atoms. The summed E-state index contributed by atoms with van der Waals surface area (Å²) in [7, 11) is 1.68. The first-order chi connectivity index (χ1) is 10.8. The van der Waals surface area contributed by atoms with E-state index in [1.54, 1.807) is 18.4 Å². The highest BCUT2D eigenvalue weighted by molar-refractivity contribution is 7.14. The van der Waals surface area contributed by atoms with Gasteiger partial charge in [0.2, 0.25) is 5.13 Å². The van der Waals surface area contributed by atoms with E-state index in [0.29, 0.717) is 5.92 Å². The van der Waals surface area contributed by atoms with Crippen molar-refractivity contribution >= 4 is 22.2 Å². The van der Waals surface area contributed by atoms with Crippen LogP contribution in [0.15, 0.2) is 34.7 Å². The molecule has 0 saturated heterocycles. The Kier molecular flexibility index (Phi) is 4.73. The van der Waals surface area contributed by atoms with Gasteiger partial charge in [0.15, 0.2) is 0 Å². The lowest BCUT2D eigenvalue weighted by molar-refractivity contribution is 0.415. The Hall–Kier alpha value is -1.88. The molecular weight excluding hydrogens is 294 g/mol. The predicted octanol–water partition coefficient (Wildman–Crippen LogP) is 4.80. The Morgan fingerprint density at radius 1 is 1.36 bits per heavy atom. The fraction of sp³-hybridized carbons (Fsp3) is 0.412. The van der Waals surface area contributed by atoms with Gasteiger partial charge in [-0.1, -0.05) is 25.5 Å². The van der Waals surface area contributed by atoms with Gasteiger partial charge in [-0.3, -0.25) is 5.43 Å². The summed E-state index contributed by atoms with van der Waals surface area (Å²) in [4.78, 5) is 4.61. The Morgan fingerprint density at radius 2 is 2.27 bits per heavy atom. The minimum atomic E-state index is 0.582. The van der Waals surface area contributed by atoms with Crippen LogP contribution in [0.2, 0.25) is 0 Å². The van der Waals surface area contributed by atoms with Crippen molar-refractivity contribution in [1.29, 1.82) is 0 Å². The van der Waals surface area contributed by atoms with Gasteiger partial charge in [0.1, 0.15) is 5.75 Å². The van der Waals surface area contributed by atoms with Gasteiger partial charge < -0.3 is 4.74 Å². The number of benzene rings is 1. The summed E-state index contributed by atoms with van der Waals surface area (Å²) >= 11 is 1.58. The summed E-state index contributed by atoms with van der Waals surface area (Å²) in [6.07, 6.45) is 4.91. The molecule has 1 aliphatic carbocycles. The van der Waals surface area contributed by atoms with Crippen molar-refractivity contribution < 1.29 is 4.74 Å². The quantitative estimate of drug-likeness (QED) is 0.825. The molecule has 1 unspecified atom stereocenters. The van der Waals surface area contributed by atoms with Crippen LogP contribution in [0.4, 0.5) is 5.13 Å². The molecule has 1 N–H and O–H groups in total. The number of nitrogens with zero attached hydrogens (tertiary/aromatic N) is 2. The van der Waals surface area contributed by atoms with Gasteiger partial charge in [-0.05, 0) is 37.3 Å². The number of rotatable bonds is 4. The van der Waals surface area contributed by atoms with E-state index < -0.39 is 0 Å². The largest absolute Gasteiger partial charge is 0.497 e. The molecule has 0 amide bonds. The minimum Gasteiger partial charge on any atom is -0.497 e. The van der Waals surface area contributed by atoms with E-state index in [4.69, 9.17) is 4.74 Å². The number of hydrogen-bond acceptors (Lipinski definition) is 5. The Morgan fingerprint density at radius 3 is 3.09 bits per heavy atom. The standard InChI is InChI=1S/C17H21N3OS/c1-12-6-3-4-9-15(12)19-20-17-18-16(11-22-17)13-7-5-8-14(10-13)21-2/h5,7-8,10-12H,3-4,6,9H2,1-2H3,(H,18,20)/b19-15+. The molecule has 1 aromatic heterocycles. The third-order valence-corrected chi connectivity index (χ3v) is 4.80. The highest BCUT2D eigenvalue weighted by Gasteiger charge is 2.15. The molecule has 1 atom stereocenters. The first-order valence-corrected chi connectivity index (χ1v) is 8.56. The first-order valence-electron chi connectivity index (χ1n) is 7.68. The number of hydrogen-bond donors (Lipinski definition) is 1. The molecule has 1 aromatic carbocycles. The molecule has 0 aliphatic heterocycles. The highest BCUT2D eigenvalue weighted by atomic mass is 32.1. The van der Waals surface area contributed by atoms with Gasteiger partial charge in [-0.25, -0.2) is 4.98 Å². The molecule has 4 nitrogen and oxygen atoms in total. The average Bonchev–Trinajstić information content (AvgIpc) is 3.03. The third kappa shape index (κ3) is 3.47. The SMILES string of the molecule is COc1cccc(-c2csc(N/N=C3\CCCCC3C)n2)c1. The van der Waals surface area contributed by atoms with Crippen LogP contribution < -0.4 is 10.2 Å². The van der Waals surface area contributed by atoms with E-state index in [-0.39, 0.29) is 0 Å².